The van der Waals surface area contributed by atoms with Gasteiger partial charge in [-0.3, -0.25) is 4.79 Å². The Morgan fingerprint density at radius 3 is 2.14 bits per heavy atom. The molecule has 0 saturated carbocycles. The van der Waals surface area contributed by atoms with Crippen molar-refractivity contribution in [2.24, 2.45) is 0 Å². The molecule has 3 aromatic carbocycles. The molecule has 0 aromatic heterocycles. The molecule has 0 radical (unpaired) electrons. The Labute approximate surface area is 214 Å². The standard InChI is InChI=1S/C29H24N2O6/c1-35-28(33)23-12-8-9-19-31(26(23)29(34)36-2)21-17-15-20(16-18-21)27(32)30-24-13-6-7-14-25(24)37-22-10-4-3-5-11-22/h3-19H,1-2H3,(H,30,32). The molecule has 8 nitrogen and oxygen atoms in total. The van der Waals surface area contributed by atoms with Gasteiger partial charge in [0, 0.05) is 17.5 Å². The van der Waals surface area contributed by atoms with Crippen molar-refractivity contribution in [3.05, 3.63) is 120 Å². The van der Waals surface area contributed by atoms with Gasteiger partial charge in [0.1, 0.15) is 11.4 Å². The van der Waals surface area contributed by atoms with Crippen LogP contribution in [-0.2, 0) is 19.1 Å². The lowest BCUT2D eigenvalue weighted by molar-refractivity contribution is -0.139. The van der Waals surface area contributed by atoms with Crippen LogP contribution in [0.3, 0.4) is 0 Å². The van der Waals surface area contributed by atoms with Gasteiger partial charge in [-0.25, -0.2) is 9.59 Å². The van der Waals surface area contributed by atoms with Crippen molar-refractivity contribution in [3.8, 4) is 11.5 Å². The summed E-state index contributed by atoms with van der Waals surface area (Å²) in [6, 6.07) is 23.0. The van der Waals surface area contributed by atoms with Gasteiger partial charge in [0.2, 0.25) is 0 Å². The van der Waals surface area contributed by atoms with Gasteiger partial charge in [-0.15, -0.1) is 0 Å². The van der Waals surface area contributed by atoms with Gasteiger partial charge in [0.15, 0.2) is 5.75 Å². The molecule has 1 aliphatic rings. The lowest BCUT2D eigenvalue weighted by Gasteiger charge is -2.23. The first-order valence-corrected chi connectivity index (χ1v) is 11.3. The molecule has 0 unspecified atom stereocenters. The lowest BCUT2D eigenvalue weighted by atomic mass is 10.1. The second-order valence-corrected chi connectivity index (χ2v) is 7.73. The number of hydrogen-bond acceptors (Lipinski definition) is 7. The number of benzene rings is 3. The average molecular weight is 497 g/mol. The van der Waals surface area contributed by atoms with Gasteiger partial charge in [-0.2, -0.15) is 0 Å². The topological polar surface area (TPSA) is 94.2 Å². The van der Waals surface area contributed by atoms with Crippen molar-refractivity contribution >= 4 is 29.2 Å². The second kappa shape index (κ2) is 11.5. The molecule has 0 fully saturated rings. The first kappa shape index (κ1) is 25.0. The number of rotatable bonds is 7. The minimum Gasteiger partial charge on any atom is -0.465 e. The van der Waals surface area contributed by atoms with E-state index in [9.17, 15) is 14.4 Å². The van der Waals surface area contributed by atoms with Crippen molar-refractivity contribution in [1.82, 2.24) is 0 Å². The van der Waals surface area contributed by atoms with E-state index in [1.54, 1.807) is 60.8 Å². The van der Waals surface area contributed by atoms with Crippen LogP contribution in [0, 0.1) is 0 Å². The third kappa shape index (κ3) is 5.76. The molecule has 0 atom stereocenters. The number of carbonyl (C=O) groups excluding carboxylic acids is 3. The van der Waals surface area contributed by atoms with Gasteiger partial charge >= 0.3 is 11.9 Å². The lowest BCUT2D eigenvalue weighted by Crippen LogP contribution is -2.27. The van der Waals surface area contributed by atoms with Crippen LogP contribution < -0.4 is 15.0 Å². The van der Waals surface area contributed by atoms with Crippen LogP contribution in [0.25, 0.3) is 0 Å². The number of esters is 2. The molecule has 8 heteroatoms. The van der Waals surface area contributed by atoms with Crippen LogP contribution in [0.2, 0.25) is 0 Å². The third-order valence-electron chi connectivity index (χ3n) is 5.40. The van der Waals surface area contributed by atoms with Gasteiger partial charge in [0.25, 0.3) is 5.91 Å². The maximum atomic E-state index is 13.0. The molecule has 0 aliphatic carbocycles. The SMILES string of the molecule is COC(=O)C1=C(C(=O)OC)N(c2ccc(C(=O)Nc3ccccc3Oc3ccccc3)cc2)C=CC=C1. The van der Waals surface area contributed by atoms with Gasteiger partial charge < -0.3 is 24.4 Å². The summed E-state index contributed by atoms with van der Waals surface area (Å²) < 4.78 is 15.7. The fourth-order valence-corrected chi connectivity index (χ4v) is 3.61. The van der Waals surface area contributed by atoms with Gasteiger partial charge in [-0.05, 0) is 60.7 Å². The molecular formula is C29H24N2O6. The number of hydrogen-bond donors (Lipinski definition) is 1. The quantitative estimate of drug-likeness (QED) is 0.448. The van der Waals surface area contributed by atoms with Crippen molar-refractivity contribution in [1.29, 1.82) is 0 Å². The maximum Gasteiger partial charge on any atom is 0.355 e. The smallest absolute Gasteiger partial charge is 0.355 e. The minimum absolute atomic E-state index is 0.0106. The van der Waals surface area contributed by atoms with E-state index in [2.05, 4.69) is 5.32 Å². The Balaban J connectivity index is 1.58. The number of ether oxygens (including phenoxy) is 3. The summed E-state index contributed by atoms with van der Waals surface area (Å²) in [6.07, 6.45) is 6.38. The van der Waals surface area contributed by atoms with Crippen LogP contribution >= 0.6 is 0 Å². The largest absolute Gasteiger partial charge is 0.465 e. The normalized spacial score (nSPS) is 12.5. The second-order valence-electron chi connectivity index (χ2n) is 7.73. The van der Waals surface area contributed by atoms with E-state index < -0.39 is 11.9 Å². The monoisotopic (exact) mass is 496 g/mol. The number of carbonyl (C=O) groups is 3. The fraction of sp³-hybridized carbons (Fsp3) is 0.0690. The molecule has 0 saturated heterocycles. The first-order chi connectivity index (χ1) is 18.0. The Hall–Kier alpha value is -5.11. The molecular weight excluding hydrogens is 472 g/mol. The highest BCUT2D eigenvalue weighted by molar-refractivity contribution is 6.07. The zero-order valence-corrected chi connectivity index (χ0v) is 20.2. The molecule has 37 heavy (non-hydrogen) atoms. The van der Waals surface area contributed by atoms with E-state index in [0.29, 0.717) is 28.4 Å². The summed E-state index contributed by atoms with van der Waals surface area (Å²) >= 11 is 0. The molecule has 186 valence electrons. The van der Waals surface area contributed by atoms with E-state index in [0.717, 1.165) is 0 Å². The molecule has 3 aromatic rings. The highest BCUT2D eigenvalue weighted by Crippen LogP contribution is 2.30. The molecule has 1 aliphatic heterocycles. The van der Waals surface area contributed by atoms with E-state index in [-0.39, 0.29) is 17.2 Å². The average Bonchev–Trinajstić information content (AvgIpc) is 3.17. The summed E-state index contributed by atoms with van der Waals surface area (Å²) in [4.78, 5) is 39.4. The van der Waals surface area contributed by atoms with Crippen LogP contribution in [0.4, 0.5) is 11.4 Å². The van der Waals surface area contributed by atoms with E-state index in [1.807, 2.05) is 36.4 Å². The summed E-state index contributed by atoms with van der Waals surface area (Å²) in [6.45, 7) is 0. The number of nitrogens with zero attached hydrogens (tertiary/aromatic N) is 1. The summed E-state index contributed by atoms with van der Waals surface area (Å²) in [7, 11) is 2.46. The molecule has 1 N–H and O–H groups in total. The Kier molecular flexibility index (Phi) is 7.80. The van der Waals surface area contributed by atoms with Crippen LogP contribution in [0.5, 0.6) is 11.5 Å². The van der Waals surface area contributed by atoms with E-state index in [4.69, 9.17) is 14.2 Å². The fourth-order valence-electron chi connectivity index (χ4n) is 3.61. The molecule has 0 bridgehead atoms. The zero-order chi connectivity index (χ0) is 26.2. The van der Waals surface area contributed by atoms with E-state index in [1.165, 1.54) is 25.2 Å². The molecule has 1 heterocycles. The molecule has 0 spiro atoms. The van der Waals surface area contributed by atoms with Crippen LogP contribution in [0.1, 0.15) is 10.4 Å². The Morgan fingerprint density at radius 2 is 1.43 bits per heavy atom. The first-order valence-electron chi connectivity index (χ1n) is 11.3. The summed E-state index contributed by atoms with van der Waals surface area (Å²) in [5.74, 6) is -0.590. The highest BCUT2D eigenvalue weighted by atomic mass is 16.5. The van der Waals surface area contributed by atoms with Crippen molar-refractivity contribution in [2.75, 3.05) is 24.4 Å². The number of amides is 1. The number of methoxy groups -OCH3 is 2. The third-order valence-corrected chi connectivity index (χ3v) is 5.40. The van der Waals surface area contributed by atoms with Crippen molar-refractivity contribution in [3.63, 3.8) is 0 Å². The van der Waals surface area contributed by atoms with Gasteiger partial charge in [-0.1, -0.05) is 36.4 Å². The maximum absolute atomic E-state index is 13.0. The number of allylic oxidation sites excluding steroid dienone is 2. The zero-order valence-electron chi connectivity index (χ0n) is 20.2. The predicted octanol–water partition coefficient (Wildman–Crippen LogP) is 5.22. The number of anilines is 2. The highest BCUT2D eigenvalue weighted by Gasteiger charge is 2.27. The summed E-state index contributed by atoms with van der Waals surface area (Å²) in [5, 5.41) is 2.88. The van der Waals surface area contributed by atoms with Gasteiger partial charge in [0.05, 0.1) is 25.5 Å². The molecule has 1 amide bonds. The Bertz CT molecular complexity index is 1390. The minimum atomic E-state index is -0.714. The predicted molar refractivity (Wildman–Crippen MR) is 139 cm³/mol. The number of para-hydroxylation sites is 3. The summed E-state index contributed by atoms with van der Waals surface area (Å²) in [5.41, 5.74) is 1.46. The van der Waals surface area contributed by atoms with Crippen LogP contribution in [-0.4, -0.2) is 32.1 Å². The van der Waals surface area contributed by atoms with Crippen molar-refractivity contribution < 1.29 is 28.6 Å². The Morgan fingerprint density at radius 1 is 0.757 bits per heavy atom. The van der Waals surface area contributed by atoms with Crippen LogP contribution in [0.15, 0.2) is 115 Å². The van der Waals surface area contributed by atoms with E-state index >= 15 is 0 Å². The number of nitrogens with one attached hydrogen (secondary N) is 1. The van der Waals surface area contributed by atoms with Crippen molar-refractivity contribution in [2.45, 2.75) is 0 Å². The molecule has 4 rings (SSSR count).